The number of nitrogens with two attached hydrogens (primary N) is 1. The lowest BCUT2D eigenvalue weighted by atomic mass is 10.0. The number of hydrogen-bond acceptors (Lipinski definition) is 3. The molecule has 1 atom stereocenters. The van der Waals surface area contributed by atoms with Crippen LogP contribution in [-0.4, -0.2) is 42.5 Å². The number of carbonyl (C=O) groups excluding carboxylic acids is 1. The smallest absolute Gasteiger partial charge is 0.237 e. The van der Waals surface area contributed by atoms with Crippen molar-refractivity contribution in [2.24, 2.45) is 5.73 Å². The summed E-state index contributed by atoms with van der Waals surface area (Å²) in [5.74, 6) is 0.0674. The first-order chi connectivity index (χ1) is 6.84. The summed E-state index contributed by atoms with van der Waals surface area (Å²) in [5, 5.41) is 3.02. The Bertz CT molecular complexity index is 204. The quantitative estimate of drug-likeness (QED) is 0.681. The van der Waals surface area contributed by atoms with Crippen LogP contribution in [0.3, 0.4) is 0 Å². The minimum Gasteiger partial charge on any atom is -0.350 e. The molecule has 4 nitrogen and oxygen atoms in total. The van der Waals surface area contributed by atoms with Crippen LogP contribution in [-0.2, 0) is 4.79 Å². The fourth-order valence-electron chi connectivity index (χ4n) is 1.12. The van der Waals surface area contributed by atoms with Gasteiger partial charge in [0.15, 0.2) is 0 Å². The summed E-state index contributed by atoms with van der Waals surface area (Å²) in [6.45, 7) is 9.33. The van der Waals surface area contributed by atoms with Crippen LogP contribution in [0.5, 0.6) is 0 Å². The topological polar surface area (TPSA) is 58.4 Å². The van der Waals surface area contributed by atoms with Crippen molar-refractivity contribution in [3.8, 4) is 0 Å². The Kier molecular flexibility index (Phi) is 5.83. The number of nitrogens with zero attached hydrogens (tertiary/aromatic N) is 1. The molecule has 0 aromatic heterocycles. The highest BCUT2D eigenvalue weighted by atomic mass is 16.2. The first-order valence-corrected chi connectivity index (χ1v) is 5.56. The standard InChI is InChI=1S/C11H25N3O/c1-6-11(3,4)13-10(15)9(2)14(5)8-7-12/h9H,6-8,12H2,1-5H3,(H,13,15). The minimum absolute atomic E-state index is 0.0674. The van der Waals surface area contributed by atoms with Crippen molar-refractivity contribution in [2.45, 2.75) is 45.7 Å². The van der Waals surface area contributed by atoms with Gasteiger partial charge in [0.2, 0.25) is 5.91 Å². The molecule has 15 heavy (non-hydrogen) atoms. The van der Waals surface area contributed by atoms with Crippen molar-refractivity contribution in [3.63, 3.8) is 0 Å². The summed E-state index contributed by atoms with van der Waals surface area (Å²) in [6.07, 6.45) is 0.923. The van der Waals surface area contributed by atoms with Crippen LogP contribution < -0.4 is 11.1 Å². The lowest BCUT2D eigenvalue weighted by molar-refractivity contribution is -0.127. The van der Waals surface area contributed by atoms with Crippen LogP contribution in [0.1, 0.15) is 34.1 Å². The van der Waals surface area contributed by atoms with Gasteiger partial charge < -0.3 is 11.1 Å². The first-order valence-electron chi connectivity index (χ1n) is 5.56. The van der Waals surface area contributed by atoms with Crippen LogP contribution in [0.25, 0.3) is 0 Å². The molecule has 4 heteroatoms. The van der Waals surface area contributed by atoms with Gasteiger partial charge in [-0.2, -0.15) is 0 Å². The Morgan fingerprint density at radius 2 is 2.07 bits per heavy atom. The average Bonchev–Trinajstić information content (AvgIpc) is 2.16. The molecule has 0 aliphatic heterocycles. The van der Waals surface area contributed by atoms with Crippen LogP contribution in [0.15, 0.2) is 0 Å². The second-order valence-electron chi connectivity index (χ2n) is 4.67. The zero-order chi connectivity index (χ0) is 12.1. The molecule has 1 amide bonds. The number of amides is 1. The van der Waals surface area contributed by atoms with Crippen LogP contribution in [0.2, 0.25) is 0 Å². The number of likely N-dealkylation sites (N-methyl/N-ethyl adjacent to an activating group) is 1. The molecule has 0 saturated heterocycles. The molecule has 0 aliphatic rings. The Labute approximate surface area is 93.2 Å². The van der Waals surface area contributed by atoms with Gasteiger partial charge in [-0.05, 0) is 34.2 Å². The fourth-order valence-corrected chi connectivity index (χ4v) is 1.12. The molecular formula is C11H25N3O. The maximum atomic E-state index is 11.8. The molecule has 0 aromatic rings. The van der Waals surface area contributed by atoms with Crippen molar-refractivity contribution >= 4 is 5.91 Å². The Balaban J connectivity index is 4.21. The first kappa shape index (κ1) is 14.4. The predicted molar refractivity (Wildman–Crippen MR) is 63.7 cm³/mol. The molecule has 0 fully saturated rings. The van der Waals surface area contributed by atoms with E-state index in [-0.39, 0.29) is 17.5 Å². The van der Waals surface area contributed by atoms with Crippen LogP contribution in [0.4, 0.5) is 0 Å². The van der Waals surface area contributed by atoms with Crippen molar-refractivity contribution in [1.29, 1.82) is 0 Å². The number of rotatable bonds is 6. The summed E-state index contributed by atoms with van der Waals surface area (Å²) in [4.78, 5) is 13.8. The highest BCUT2D eigenvalue weighted by Gasteiger charge is 2.23. The maximum Gasteiger partial charge on any atom is 0.237 e. The van der Waals surface area contributed by atoms with E-state index >= 15 is 0 Å². The van der Waals surface area contributed by atoms with E-state index in [1.54, 1.807) is 0 Å². The van der Waals surface area contributed by atoms with E-state index in [2.05, 4.69) is 12.2 Å². The maximum absolute atomic E-state index is 11.8. The van der Waals surface area contributed by atoms with E-state index in [0.29, 0.717) is 6.54 Å². The molecule has 0 heterocycles. The average molecular weight is 215 g/mol. The molecule has 0 radical (unpaired) electrons. The highest BCUT2D eigenvalue weighted by molar-refractivity contribution is 5.81. The third-order valence-electron chi connectivity index (χ3n) is 2.87. The summed E-state index contributed by atoms with van der Waals surface area (Å²) in [6, 6.07) is -0.126. The van der Waals surface area contributed by atoms with Gasteiger partial charge in [-0.15, -0.1) is 0 Å². The normalized spacial score (nSPS) is 14.1. The zero-order valence-electron chi connectivity index (χ0n) is 10.6. The summed E-state index contributed by atoms with van der Waals surface area (Å²) in [7, 11) is 1.91. The lowest BCUT2D eigenvalue weighted by Gasteiger charge is -2.29. The molecule has 0 aliphatic carbocycles. The second-order valence-corrected chi connectivity index (χ2v) is 4.67. The van der Waals surface area contributed by atoms with E-state index in [4.69, 9.17) is 5.73 Å². The van der Waals surface area contributed by atoms with E-state index in [9.17, 15) is 4.79 Å². The molecule has 0 aromatic carbocycles. The lowest BCUT2D eigenvalue weighted by Crippen LogP contribution is -2.51. The fraction of sp³-hybridized carbons (Fsp3) is 0.909. The van der Waals surface area contributed by atoms with Gasteiger partial charge >= 0.3 is 0 Å². The molecule has 3 N–H and O–H groups in total. The molecule has 0 rings (SSSR count). The SMILES string of the molecule is CCC(C)(C)NC(=O)C(C)N(C)CCN. The third-order valence-corrected chi connectivity index (χ3v) is 2.87. The van der Waals surface area contributed by atoms with Gasteiger partial charge in [0.05, 0.1) is 6.04 Å². The van der Waals surface area contributed by atoms with Gasteiger partial charge in [0, 0.05) is 18.6 Å². The molecule has 0 spiro atoms. The van der Waals surface area contributed by atoms with E-state index in [1.807, 2.05) is 32.7 Å². The molecule has 1 unspecified atom stereocenters. The van der Waals surface area contributed by atoms with E-state index in [0.717, 1.165) is 13.0 Å². The van der Waals surface area contributed by atoms with Gasteiger partial charge in [-0.25, -0.2) is 0 Å². The number of carbonyl (C=O) groups is 1. The predicted octanol–water partition coefficient (Wildman–Crippen LogP) is 0.570. The number of nitrogens with one attached hydrogen (secondary N) is 1. The largest absolute Gasteiger partial charge is 0.350 e. The second kappa shape index (κ2) is 6.08. The van der Waals surface area contributed by atoms with Crippen molar-refractivity contribution in [1.82, 2.24) is 10.2 Å². The van der Waals surface area contributed by atoms with Crippen molar-refractivity contribution < 1.29 is 4.79 Å². The number of hydrogen-bond donors (Lipinski definition) is 2. The van der Waals surface area contributed by atoms with Gasteiger partial charge in [-0.3, -0.25) is 9.69 Å². The van der Waals surface area contributed by atoms with Gasteiger partial charge in [0.1, 0.15) is 0 Å². The van der Waals surface area contributed by atoms with Crippen LogP contribution in [0, 0.1) is 0 Å². The van der Waals surface area contributed by atoms with Crippen molar-refractivity contribution in [2.75, 3.05) is 20.1 Å². The molecule has 0 saturated carbocycles. The monoisotopic (exact) mass is 215 g/mol. The minimum atomic E-state index is -0.130. The molecular weight excluding hydrogens is 190 g/mol. The molecule has 0 bridgehead atoms. The van der Waals surface area contributed by atoms with Gasteiger partial charge in [0.25, 0.3) is 0 Å². The van der Waals surface area contributed by atoms with Crippen LogP contribution >= 0.6 is 0 Å². The Hall–Kier alpha value is -0.610. The zero-order valence-corrected chi connectivity index (χ0v) is 10.6. The Morgan fingerprint density at radius 1 is 1.53 bits per heavy atom. The summed E-state index contributed by atoms with van der Waals surface area (Å²) >= 11 is 0. The molecule has 90 valence electrons. The Morgan fingerprint density at radius 3 is 2.47 bits per heavy atom. The summed E-state index contributed by atoms with van der Waals surface area (Å²) < 4.78 is 0. The van der Waals surface area contributed by atoms with E-state index in [1.165, 1.54) is 0 Å². The summed E-state index contributed by atoms with van der Waals surface area (Å²) in [5.41, 5.74) is 5.32. The highest BCUT2D eigenvalue weighted by Crippen LogP contribution is 2.08. The van der Waals surface area contributed by atoms with E-state index < -0.39 is 0 Å². The van der Waals surface area contributed by atoms with Gasteiger partial charge in [-0.1, -0.05) is 6.92 Å². The third kappa shape index (κ3) is 5.14. The van der Waals surface area contributed by atoms with Crippen molar-refractivity contribution in [3.05, 3.63) is 0 Å².